The molecule has 2 aromatic carbocycles. The summed E-state index contributed by atoms with van der Waals surface area (Å²) in [4.78, 5) is 11.9. The van der Waals surface area contributed by atoms with Crippen LogP contribution in [-0.2, 0) is 20.0 Å². The summed E-state index contributed by atoms with van der Waals surface area (Å²) >= 11 is 5.59. The number of hydrogen-bond acceptors (Lipinski definition) is 5. The van der Waals surface area contributed by atoms with E-state index in [2.05, 4.69) is 0 Å². The molecule has 0 saturated carbocycles. The maximum Gasteiger partial charge on any atom is 0.356 e. The third-order valence-corrected chi connectivity index (χ3v) is 7.34. The Hall–Kier alpha value is -2.43. The van der Waals surface area contributed by atoms with Gasteiger partial charge in [0.05, 0.1) is 14.8 Å². The highest BCUT2D eigenvalue weighted by atomic mass is 35.5. The molecular formula is C16H12ClFN2O5S2. The predicted molar refractivity (Wildman–Crippen MR) is 96.4 cm³/mol. The van der Waals surface area contributed by atoms with Gasteiger partial charge >= 0.3 is 5.69 Å². The minimum absolute atomic E-state index is 0.171. The molecule has 0 aliphatic heterocycles. The summed E-state index contributed by atoms with van der Waals surface area (Å²) in [7, 11) is -8.76. The van der Waals surface area contributed by atoms with Gasteiger partial charge in [0.2, 0.25) is 0 Å². The van der Waals surface area contributed by atoms with Gasteiger partial charge in [-0.05, 0) is 37.3 Å². The molecule has 1 aromatic heterocycles. The smallest absolute Gasteiger partial charge is 0.245 e. The Morgan fingerprint density at radius 2 is 1.33 bits per heavy atom. The first-order valence-electron chi connectivity index (χ1n) is 7.38. The predicted octanol–water partition coefficient (Wildman–Crippen LogP) is 2.22. The zero-order valence-corrected chi connectivity index (χ0v) is 16.1. The SMILES string of the molecule is Cc1ccc(S(=O)(=O)n2ccn(S(=O)(=O)c3ccc(F)c(Cl)c3)c2=O)cc1. The van der Waals surface area contributed by atoms with E-state index in [0.717, 1.165) is 36.2 Å². The molecule has 0 atom stereocenters. The third-order valence-electron chi connectivity index (χ3n) is 3.74. The number of aromatic nitrogens is 2. The van der Waals surface area contributed by atoms with Crippen molar-refractivity contribution in [2.75, 3.05) is 0 Å². The molecule has 0 bridgehead atoms. The maximum absolute atomic E-state index is 13.3. The minimum atomic E-state index is -4.47. The van der Waals surface area contributed by atoms with Gasteiger partial charge in [0, 0.05) is 12.4 Å². The fourth-order valence-corrected chi connectivity index (χ4v) is 5.04. The molecule has 3 rings (SSSR count). The molecule has 0 radical (unpaired) electrons. The van der Waals surface area contributed by atoms with Crippen molar-refractivity contribution in [2.24, 2.45) is 0 Å². The van der Waals surface area contributed by atoms with Crippen LogP contribution in [0.2, 0.25) is 5.02 Å². The number of nitrogens with zero attached hydrogens (tertiary/aromatic N) is 2. The highest BCUT2D eigenvalue weighted by molar-refractivity contribution is 7.90. The second-order valence-electron chi connectivity index (χ2n) is 5.57. The lowest BCUT2D eigenvalue weighted by Gasteiger charge is -2.06. The molecule has 0 unspecified atom stereocenters. The molecule has 11 heteroatoms. The monoisotopic (exact) mass is 430 g/mol. The lowest BCUT2D eigenvalue weighted by atomic mass is 10.2. The zero-order chi connectivity index (χ0) is 20.0. The summed E-state index contributed by atoms with van der Waals surface area (Å²) in [6, 6.07) is 8.31. The van der Waals surface area contributed by atoms with E-state index in [4.69, 9.17) is 11.6 Å². The maximum atomic E-state index is 13.3. The average Bonchev–Trinajstić information content (AvgIpc) is 3.00. The Kier molecular flexibility index (Phi) is 4.74. The van der Waals surface area contributed by atoms with E-state index in [0.29, 0.717) is 3.97 Å². The minimum Gasteiger partial charge on any atom is -0.245 e. The number of rotatable bonds is 4. The van der Waals surface area contributed by atoms with Gasteiger partial charge in [-0.25, -0.2) is 26.0 Å². The van der Waals surface area contributed by atoms with E-state index in [-0.39, 0.29) is 8.87 Å². The molecule has 0 aliphatic carbocycles. The quantitative estimate of drug-likeness (QED) is 0.632. The van der Waals surface area contributed by atoms with E-state index in [1.165, 1.54) is 12.1 Å². The highest BCUT2D eigenvalue weighted by Crippen LogP contribution is 2.21. The van der Waals surface area contributed by atoms with Gasteiger partial charge in [-0.2, -0.15) is 7.94 Å². The number of imidazole rings is 1. The summed E-state index contributed by atoms with van der Waals surface area (Å²) < 4.78 is 64.3. The van der Waals surface area contributed by atoms with Crippen LogP contribution >= 0.6 is 11.6 Å². The van der Waals surface area contributed by atoms with E-state index in [9.17, 15) is 26.0 Å². The van der Waals surface area contributed by atoms with Gasteiger partial charge in [0.15, 0.2) is 0 Å². The topological polar surface area (TPSA) is 95.2 Å². The lowest BCUT2D eigenvalue weighted by Crippen LogP contribution is -2.32. The fraction of sp³-hybridized carbons (Fsp3) is 0.0625. The Morgan fingerprint density at radius 1 is 0.852 bits per heavy atom. The summed E-state index contributed by atoms with van der Waals surface area (Å²) in [5.74, 6) is -0.831. The number of benzene rings is 2. The second-order valence-corrected chi connectivity index (χ2v) is 9.61. The molecular weight excluding hydrogens is 419 g/mol. The van der Waals surface area contributed by atoms with Crippen molar-refractivity contribution < 1.29 is 21.2 Å². The van der Waals surface area contributed by atoms with Gasteiger partial charge in [-0.3, -0.25) is 0 Å². The van der Waals surface area contributed by atoms with Gasteiger partial charge in [0.1, 0.15) is 5.82 Å². The van der Waals surface area contributed by atoms with Crippen molar-refractivity contribution in [1.29, 1.82) is 0 Å². The molecule has 27 heavy (non-hydrogen) atoms. The first-order chi connectivity index (χ1) is 12.5. The van der Waals surface area contributed by atoms with Crippen LogP contribution in [0.1, 0.15) is 5.56 Å². The van der Waals surface area contributed by atoms with Gasteiger partial charge in [-0.1, -0.05) is 29.3 Å². The van der Waals surface area contributed by atoms with Crippen molar-refractivity contribution in [3.63, 3.8) is 0 Å². The molecule has 0 amide bonds. The van der Waals surface area contributed by atoms with Crippen LogP contribution < -0.4 is 5.69 Å². The van der Waals surface area contributed by atoms with Crippen molar-refractivity contribution >= 4 is 31.6 Å². The molecule has 0 aliphatic rings. The highest BCUT2D eigenvalue weighted by Gasteiger charge is 2.26. The fourth-order valence-electron chi connectivity index (χ4n) is 2.29. The zero-order valence-electron chi connectivity index (χ0n) is 13.7. The second kappa shape index (κ2) is 6.63. The van der Waals surface area contributed by atoms with Crippen LogP contribution in [0.4, 0.5) is 4.39 Å². The van der Waals surface area contributed by atoms with Crippen LogP contribution in [0.15, 0.2) is 69.4 Å². The van der Waals surface area contributed by atoms with Crippen LogP contribution in [0, 0.1) is 12.7 Å². The van der Waals surface area contributed by atoms with Gasteiger partial charge < -0.3 is 0 Å². The van der Waals surface area contributed by atoms with Gasteiger partial charge in [-0.15, -0.1) is 0 Å². The lowest BCUT2D eigenvalue weighted by molar-refractivity contribution is 0.580. The third kappa shape index (κ3) is 3.31. The number of halogens is 2. The molecule has 0 saturated heterocycles. The molecule has 0 N–H and O–H groups in total. The molecule has 142 valence electrons. The van der Waals surface area contributed by atoms with E-state index < -0.39 is 41.5 Å². The summed E-state index contributed by atoms with van der Waals surface area (Å²) in [5.41, 5.74) is -0.495. The molecule has 0 fully saturated rings. The Bertz CT molecular complexity index is 1290. The van der Waals surface area contributed by atoms with Crippen LogP contribution in [-0.4, -0.2) is 24.8 Å². The molecule has 1 heterocycles. The Labute approximate surface area is 159 Å². The first kappa shape index (κ1) is 19.3. The van der Waals surface area contributed by atoms with Crippen molar-refractivity contribution in [3.05, 3.63) is 81.7 Å². The van der Waals surface area contributed by atoms with Gasteiger partial charge in [0.25, 0.3) is 20.0 Å². The van der Waals surface area contributed by atoms with Crippen molar-refractivity contribution in [3.8, 4) is 0 Å². The van der Waals surface area contributed by atoms with E-state index in [1.54, 1.807) is 19.1 Å². The standard InChI is InChI=1S/C16H12ClFN2O5S2/c1-11-2-4-12(5-3-11)26(22,23)19-8-9-20(16(19)21)27(24,25)13-6-7-15(18)14(17)10-13/h2-10H,1H3. The normalized spacial score (nSPS) is 12.3. The van der Waals surface area contributed by atoms with Crippen LogP contribution in [0.3, 0.4) is 0 Å². The average molecular weight is 431 g/mol. The van der Waals surface area contributed by atoms with Crippen LogP contribution in [0.5, 0.6) is 0 Å². The molecule has 7 nitrogen and oxygen atoms in total. The number of hydrogen-bond donors (Lipinski definition) is 0. The van der Waals surface area contributed by atoms with Crippen molar-refractivity contribution in [2.45, 2.75) is 16.7 Å². The largest absolute Gasteiger partial charge is 0.356 e. The first-order valence-corrected chi connectivity index (χ1v) is 10.6. The number of aryl methyl sites for hydroxylation is 1. The van der Waals surface area contributed by atoms with E-state index in [1.807, 2.05) is 0 Å². The Balaban J connectivity index is 2.14. The summed E-state index contributed by atoms with van der Waals surface area (Å²) in [6.45, 7) is 1.76. The van der Waals surface area contributed by atoms with E-state index >= 15 is 0 Å². The molecule has 0 spiro atoms. The van der Waals surface area contributed by atoms with Crippen molar-refractivity contribution in [1.82, 2.24) is 7.94 Å². The summed E-state index contributed by atoms with van der Waals surface area (Å²) in [5, 5.41) is -0.448. The summed E-state index contributed by atoms with van der Waals surface area (Å²) in [6.07, 6.45) is 1.64. The molecule has 3 aromatic rings. The Morgan fingerprint density at radius 3 is 1.85 bits per heavy atom. The van der Waals surface area contributed by atoms with Crippen LogP contribution in [0.25, 0.3) is 0 Å².